The number of alkyl halides is 3. The zero-order chi connectivity index (χ0) is 23.4. The first-order chi connectivity index (χ1) is 15.1. The van der Waals surface area contributed by atoms with Crippen molar-refractivity contribution in [2.75, 3.05) is 11.9 Å². The highest BCUT2D eigenvalue weighted by Crippen LogP contribution is 2.30. The molecule has 0 atom stereocenters. The topological polar surface area (TPSA) is 66.5 Å². The number of amides is 1. The molecule has 5 nitrogen and oxygen atoms in total. The molecule has 0 aliphatic carbocycles. The van der Waals surface area contributed by atoms with Gasteiger partial charge in [0.05, 0.1) is 17.0 Å². The molecule has 32 heavy (non-hydrogen) atoms. The van der Waals surface area contributed by atoms with Crippen molar-refractivity contribution in [1.29, 1.82) is 0 Å². The molecule has 168 valence electrons. The molecule has 0 unspecified atom stereocenters. The molecule has 0 heterocycles. The third kappa shape index (κ3) is 6.09. The molecule has 0 saturated carbocycles. The third-order valence-electron chi connectivity index (χ3n) is 4.45. The molecule has 0 bridgehead atoms. The van der Waals surface area contributed by atoms with Gasteiger partial charge >= 0.3 is 6.18 Å². The lowest BCUT2D eigenvalue weighted by Gasteiger charge is -2.22. The number of hydrogen-bond donors (Lipinski definition) is 1. The maximum atomic E-state index is 13.2. The Bertz CT molecular complexity index is 1190. The van der Waals surface area contributed by atoms with E-state index in [9.17, 15) is 26.4 Å². The van der Waals surface area contributed by atoms with E-state index in [1.165, 1.54) is 30.3 Å². The second-order valence-electron chi connectivity index (χ2n) is 6.84. The quantitative estimate of drug-likeness (QED) is 0.504. The van der Waals surface area contributed by atoms with Crippen LogP contribution in [0.2, 0.25) is 5.02 Å². The molecule has 1 N–H and O–H groups in total. The van der Waals surface area contributed by atoms with E-state index in [2.05, 4.69) is 5.32 Å². The molecule has 3 aromatic rings. The molecule has 0 aromatic heterocycles. The van der Waals surface area contributed by atoms with Crippen molar-refractivity contribution in [2.45, 2.75) is 17.6 Å². The summed E-state index contributed by atoms with van der Waals surface area (Å²) in [5, 5.41) is 2.69. The number of carbonyl (C=O) groups is 1. The Hall–Kier alpha value is -2.88. The number of anilines is 1. The minimum absolute atomic E-state index is 0.0651. The van der Waals surface area contributed by atoms with Gasteiger partial charge in [-0.1, -0.05) is 48.0 Å². The normalized spacial score (nSPS) is 12.0. The third-order valence-corrected chi connectivity index (χ3v) is 6.50. The van der Waals surface area contributed by atoms with Crippen LogP contribution in [-0.4, -0.2) is 25.2 Å². The molecule has 0 radical (unpaired) electrons. The monoisotopic (exact) mass is 482 g/mol. The van der Waals surface area contributed by atoms with Gasteiger partial charge in [0.2, 0.25) is 15.9 Å². The molecule has 3 aromatic carbocycles. The predicted octanol–water partition coefficient (Wildman–Crippen LogP) is 5.19. The van der Waals surface area contributed by atoms with Crippen molar-refractivity contribution in [3.05, 3.63) is 95.0 Å². The van der Waals surface area contributed by atoms with Gasteiger partial charge in [0.1, 0.15) is 0 Å². The second-order valence-corrected chi connectivity index (χ2v) is 9.21. The standard InChI is InChI=1S/C22H18ClF3N2O3S/c23-18-9-11-20(12-10-18)32(30,31)28(14-16-5-2-1-3-6-16)15-21(29)27-19-8-4-7-17(13-19)22(24,25)26/h1-13H,14-15H2,(H,27,29). The zero-order valence-corrected chi connectivity index (χ0v) is 18.1. The Balaban J connectivity index is 1.85. The van der Waals surface area contributed by atoms with Crippen LogP contribution in [0, 0.1) is 0 Å². The average Bonchev–Trinajstić information content (AvgIpc) is 2.74. The average molecular weight is 483 g/mol. The first-order valence-electron chi connectivity index (χ1n) is 9.32. The molecule has 0 spiro atoms. The van der Waals surface area contributed by atoms with Gasteiger partial charge in [0.25, 0.3) is 0 Å². The summed E-state index contributed by atoms with van der Waals surface area (Å²) in [6, 6.07) is 18.2. The van der Waals surface area contributed by atoms with Crippen molar-refractivity contribution in [2.24, 2.45) is 0 Å². The molecule has 0 aliphatic rings. The van der Waals surface area contributed by atoms with Gasteiger partial charge in [-0.2, -0.15) is 17.5 Å². The van der Waals surface area contributed by atoms with Crippen LogP contribution in [0.1, 0.15) is 11.1 Å². The number of rotatable bonds is 7. The number of nitrogens with zero attached hydrogens (tertiary/aromatic N) is 1. The Labute approximate surface area is 188 Å². The van der Waals surface area contributed by atoms with Crippen LogP contribution < -0.4 is 5.32 Å². The summed E-state index contributed by atoms with van der Waals surface area (Å²) in [4.78, 5) is 12.5. The van der Waals surface area contributed by atoms with E-state index in [0.29, 0.717) is 10.6 Å². The van der Waals surface area contributed by atoms with E-state index >= 15 is 0 Å². The summed E-state index contributed by atoms with van der Waals surface area (Å²) in [6.07, 6.45) is -4.57. The van der Waals surface area contributed by atoms with Crippen LogP contribution in [0.4, 0.5) is 18.9 Å². The molecule has 3 rings (SSSR count). The van der Waals surface area contributed by atoms with Crippen molar-refractivity contribution < 1.29 is 26.4 Å². The number of nitrogens with one attached hydrogen (secondary N) is 1. The fraction of sp³-hybridized carbons (Fsp3) is 0.136. The van der Waals surface area contributed by atoms with E-state index in [0.717, 1.165) is 22.5 Å². The van der Waals surface area contributed by atoms with Crippen molar-refractivity contribution in [3.8, 4) is 0 Å². The van der Waals surface area contributed by atoms with Gasteiger partial charge in [-0.25, -0.2) is 8.42 Å². The van der Waals surface area contributed by atoms with Crippen LogP contribution in [0.25, 0.3) is 0 Å². The number of sulfonamides is 1. The predicted molar refractivity (Wildman–Crippen MR) is 116 cm³/mol. The summed E-state index contributed by atoms with van der Waals surface area (Å²) >= 11 is 5.84. The van der Waals surface area contributed by atoms with Crippen LogP contribution in [0.3, 0.4) is 0 Å². The van der Waals surface area contributed by atoms with Crippen molar-refractivity contribution in [3.63, 3.8) is 0 Å². The molecule has 0 saturated heterocycles. The SMILES string of the molecule is O=C(CN(Cc1ccccc1)S(=O)(=O)c1ccc(Cl)cc1)Nc1cccc(C(F)(F)F)c1. The Morgan fingerprint density at radius 2 is 1.59 bits per heavy atom. The number of benzene rings is 3. The lowest BCUT2D eigenvalue weighted by atomic mass is 10.2. The summed E-state index contributed by atoms with van der Waals surface area (Å²) in [6.45, 7) is -0.710. The molecule has 1 amide bonds. The Kier molecular flexibility index (Phi) is 7.22. The van der Waals surface area contributed by atoms with Gasteiger partial charge < -0.3 is 5.32 Å². The maximum absolute atomic E-state index is 13.2. The van der Waals surface area contributed by atoms with Crippen LogP contribution >= 0.6 is 11.6 Å². The van der Waals surface area contributed by atoms with E-state index in [1.807, 2.05) is 0 Å². The first kappa shape index (κ1) is 23.8. The van der Waals surface area contributed by atoms with Gasteiger partial charge in [-0.3, -0.25) is 4.79 Å². The highest BCUT2D eigenvalue weighted by atomic mass is 35.5. The largest absolute Gasteiger partial charge is 0.416 e. The fourth-order valence-corrected chi connectivity index (χ4v) is 4.41. The minimum Gasteiger partial charge on any atom is -0.325 e. The molecule has 0 fully saturated rings. The van der Waals surface area contributed by atoms with E-state index < -0.39 is 34.2 Å². The minimum atomic E-state index is -4.57. The highest BCUT2D eigenvalue weighted by Gasteiger charge is 2.31. The molecule has 10 heteroatoms. The van der Waals surface area contributed by atoms with Crippen molar-refractivity contribution >= 4 is 33.2 Å². The van der Waals surface area contributed by atoms with Gasteiger partial charge in [0, 0.05) is 17.3 Å². The Morgan fingerprint density at radius 3 is 2.22 bits per heavy atom. The summed E-state index contributed by atoms with van der Waals surface area (Å²) in [7, 11) is -4.10. The molecular weight excluding hydrogens is 465 g/mol. The summed E-state index contributed by atoms with van der Waals surface area (Å²) in [5.74, 6) is -0.780. The summed E-state index contributed by atoms with van der Waals surface area (Å²) in [5.41, 5.74) is -0.379. The number of halogens is 4. The number of carbonyl (C=O) groups excluding carboxylic acids is 1. The van der Waals surface area contributed by atoms with Crippen LogP contribution in [0.5, 0.6) is 0 Å². The fourth-order valence-electron chi connectivity index (χ4n) is 2.90. The zero-order valence-electron chi connectivity index (χ0n) is 16.5. The summed E-state index contributed by atoms with van der Waals surface area (Å²) < 4.78 is 66.1. The molecular formula is C22H18ClF3N2O3S. The number of hydrogen-bond acceptors (Lipinski definition) is 3. The van der Waals surface area contributed by atoms with E-state index in [-0.39, 0.29) is 17.1 Å². The van der Waals surface area contributed by atoms with Gasteiger partial charge in [-0.15, -0.1) is 0 Å². The van der Waals surface area contributed by atoms with Crippen LogP contribution in [0.15, 0.2) is 83.8 Å². The smallest absolute Gasteiger partial charge is 0.325 e. The Morgan fingerprint density at radius 1 is 0.938 bits per heavy atom. The van der Waals surface area contributed by atoms with Gasteiger partial charge in [-0.05, 0) is 48.0 Å². The maximum Gasteiger partial charge on any atom is 0.416 e. The highest BCUT2D eigenvalue weighted by molar-refractivity contribution is 7.89. The lowest BCUT2D eigenvalue weighted by Crippen LogP contribution is -2.37. The van der Waals surface area contributed by atoms with E-state index in [4.69, 9.17) is 11.6 Å². The van der Waals surface area contributed by atoms with Crippen molar-refractivity contribution in [1.82, 2.24) is 4.31 Å². The first-order valence-corrected chi connectivity index (χ1v) is 11.1. The lowest BCUT2D eigenvalue weighted by molar-refractivity contribution is -0.137. The van der Waals surface area contributed by atoms with Gasteiger partial charge in [0.15, 0.2) is 0 Å². The molecule has 0 aliphatic heterocycles. The van der Waals surface area contributed by atoms with E-state index in [1.54, 1.807) is 30.3 Å². The van der Waals surface area contributed by atoms with Crippen LogP contribution in [-0.2, 0) is 27.5 Å². The second kappa shape index (κ2) is 9.72.